The Morgan fingerprint density at radius 3 is 3.10 bits per heavy atom. The van der Waals surface area contributed by atoms with Gasteiger partial charge in [0, 0.05) is 43.1 Å². The maximum absolute atomic E-state index is 13.8. The maximum atomic E-state index is 13.8. The van der Waals surface area contributed by atoms with Crippen molar-refractivity contribution in [2.75, 3.05) is 20.2 Å². The van der Waals surface area contributed by atoms with Gasteiger partial charge in [-0.1, -0.05) is 6.07 Å². The SMILES string of the molecule is COC1CCCN1CCc1cc2c(F)cccc2c(=O)[nH]1. The third kappa shape index (κ3) is 2.84. The van der Waals surface area contributed by atoms with Gasteiger partial charge in [0.15, 0.2) is 0 Å². The van der Waals surface area contributed by atoms with Crippen LogP contribution in [0.5, 0.6) is 0 Å². The van der Waals surface area contributed by atoms with E-state index in [1.54, 1.807) is 25.3 Å². The van der Waals surface area contributed by atoms with Crippen LogP contribution in [0.25, 0.3) is 10.8 Å². The first-order valence-electron chi connectivity index (χ1n) is 7.26. The number of rotatable bonds is 4. The lowest BCUT2D eigenvalue weighted by Crippen LogP contribution is -2.32. The van der Waals surface area contributed by atoms with E-state index in [0.29, 0.717) is 17.2 Å². The predicted molar refractivity (Wildman–Crippen MR) is 79.8 cm³/mol. The molecule has 0 radical (unpaired) electrons. The van der Waals surface area contributed by atoms with Crippen molar-refractivity contribution in [1.29, 1.82) is 0 Å². The van der Waals surface area contributed by atoms with Crippen LogP contribution in [-0.2, 0) is 11.2 Å². The predicted octanol–water partition coefficient (Wildman–Crippen LogP) is 2.28. The van der Waals surface area contributed by atoms with Crippen LogP contribution >= 0.6 is 0 Å². The average Bonchev–Trinajstić information content (AvgIpc) is 2.94. The van der Waals surface area contributed by atoms with E-state index in [0.717, 1.165) is 31.6 Å². The highest BCUT2D eigenvalue weighted by Gasteiger charge is 2.23. The monoisotopic (exact) mass is 290 g/mol. The summed E-state index contributed by atoms with van der Waals surface area (Å²) in [6, 6.07) is 6.32. The van der Waals surface area contributed by atoms with Gasteiger partial charge in [-0.25, -0.2) is 4.39 Å². The molecule has 2 aromatic rings. The topological polar surface area (TPSA) is 45.3 Å². The summed E-state index contributed by atoms with van der Waals surface area (Å²) in [6.45, 7) is 1.80. The zero-order chi connectivity index (χ0) is 14.8. The molecule has 1 aliphatic rings. The van der Waals surface area contributed by atoms with Crippen molar-refractivity contribution in [3.8, 4) is 0 Å². The molecule has 0 amide bonds. The van der Waals surface area contributed by atoms with Crippen LogP contribution in [0.3, 0.4) is 0 Å². The van der Waals surface area contributed by atoms with Gasteiger partial charge in [0.05, 0.1) is 0 Å². The van der Waals surface area contributed by atoms with E-state index in [2.05, 4.69) is 9.88 Å². The number of methoxy groups -OCH3 is 1. The third-order valence-electron chi connectivity index (χ3n) is 4.13. The molecular weight excluding hydrogens is 271 g/mol. The number of pyridine rings is 1. The largest absolute Gasteiger partial charge is 0.366 e. The number of aromatic amines is 1. The number of halogens is 1. The number of H-pyrrole nitrogens is 1. The molecular formula is C16H19FN2O2. The number of hydrogen-bond acceptors (Lipinski definition) is 3. The van der Waals surface area contributed by atoms with Crippen molar-refractivity contribution in [2.24, 2.45) is 0 Å². The molecule has 2 heterocycles. The minimum absolute atomic E-state index is 0.161. The van der Waals surface area contributed by atoms with Gasteiger partial charge in [-0.15, -0.1) is 0 Å². The van der Waals surface area contributed by atoms with E-state index < -0.39 is 0 Å². The summed E-state index contributed by atoms with van der Waals surface area (Å²) in [4.78, 5) is 17.1. The van der Waals surface area contributed by atoms with Gasteiger partial charge in [-0.05, 0) is 31.0 Å². The van der Waals surface area contributed by atoms with Gasteiger partial charge in [-0.3, -0.25) is 9.69 Å². The number of nitrogens with zero attached hydrogens (tertiary/aromatic N) is 1. The number of hydrogen-bond donors (Lipinski definition) is 1. The van der Waals surface area contributed by atoms with Crippen molar-refractivity contribution in [3.05, 3.63) is 46.1 Å². The second-order valence-electron chi connectivity index (χ2n) is 5.44. The van der Waals surface area contributed by atoms with Gasteiger partial charge in [0.2, 0.25) is 0 Å². The van der Waals surface area contributed by atoms with Gasteiger partial charge >= 0.3 is 0 Å². The Morgan fingerprint density at radius 1 is 1.43 bits per heavy atom. The number of nitrogens with one attached hydrogen (secondary N) is 1. The minimum Gasteiger partial charge on any atom is -0.366 e. The van der Waals surface area contributed by atoms with Gasteiger partial charge in [-0.2, -0.15) is 0 Å². The van der Waals surface area contributed by atoms with E-state index >= 15 is 0 Å². The molecule has 1 aromatic heterocycles. The molecule has 1 aromatic carbocycles. The molecule has 112 valence electrons. The van der Waals surface area contributed by atoms with E-state index in [1.165, 1.54) is 6.07 Å². The molecule has 1 atom stereocenters. The highest BCUT2D eigenvalue weighted by atomic mass is 19.1. The van der Waals surface area contributed by atoms with Crippen LogP contribution in [0, 0.1) is 5.82 Å². The summed E-state index contributed by atoms with van der Waals surface area (Å²) < 4.78 is 19.2. The summed E-state index contributed by atoms with van der Waals surface area (Å²) in [6.07, 6.45) is 3.01. The zero-order valence-corrected chi connectivity index (χ0v) is 12.1. The van der Waals surface area contributed by atoms with E-state index in [-0.39, 0.29) is 17.6 Å². The second-order valence-corrected chi connectivity index (χ2v) is 5.44. The van der Waals surface area contributed by atoms with Gasteiger partial charge < -0.3 is 9.72 Å². The summed E-state index contributed by atoms with van der Waals surface area (Å²) >= 11 is 0. The Labute approximate surface area is 122 Å². The Bertz CT molecular complexity index is 698. The molecule has 21 heavy (non-hydrogen) atoms. The summed E-state index contributed by atoms with van der Waals surface area (Å²) in [7, 11) is 1.72. The first-order valence-corrected chi connectivity index (χ1v) is 7.26. The fourth-order valence-electron chi connectivity index (χ4n) is 3.02. The number of aromatic nitrogens is 1. The lowest BCUT2D eigenvalue weighted by Gasteiger charge is -2.22. The highest BCUT2D eigenvalue weighted by molar-refractivity contribution is 5.82. The molecule has 0 saturated carbocycles. The minimum atomic E-state index is -0.351. The third-order valence-corrected chi connectivity index (χ3v) is 4.13. The molecule has 4 nitrogen and oxygen atoms in total. The number of fused-ring (bicyclic) bond motifs is 1. The molecule has 1 N–H and O–H groups in total. The first-order chi connectivity index (χ1) is 10.2. The normalized spacial score (nSPS) is 19.4. The summed E-state index contributed by atoms with van der Waals surface area (Å²) in [5.74, 6) is -0.351. The first kappa shape index (κ1) is 14.2. The van der Waals surface area contributed by atoms with Crippen molar-refractivity contribution < 1.29 is 9.13 Å². The van der Waals surface area contributed by atoms with Crippen LogP contribution in [-0.4, -0.2) is 36.3 Å². The standard InChI is InChI=1S/C16H19FN2O2/c1-21-15-6-3-8-19(15)9-7-11-10-13-12(16(20)18-11)4-2-5-14(13)17/h2,4-5,10,15H,3,6-9H2,1H3,(H,18,20). The van der Waals surface area contributed by atoms with Crippen LogP contribution < -0.4 is 5.56 Å². The molecule has 0 bridgehead atoms. The van der Waals surface area contributed by atoms with E-state index in [4.69, 9.17) is 4.74 Å². The molecule has 1 saturated heterocycles. The van der Waals surface area contributed by atoms with Crippen LogP contribution in [0.15, 0.2) is 29.1 Å². The van der Waals surface area contributed by atoms with Gasteiger partial charge in [0.25, 0.3) is 5.56 Å². The molecule has 3 rings (SSSR count). The van der Waals surface area contributed by atoms with Crippen LogP contribution in [0.4, 0.5) is 4.39 Å². The van der Waals surface area contributed by atoms with Crippen molar-refractivity contribution in [2.45, 2.75) is 25.5 Å². The molecule has 1 fully saturated rings. The van der Waals surface area contributed by atoms with Crippen LogP contribution in [0.1, 0.15) is 18.5 Å². The number of likely N-dealkylation sites (tertiary alicyclic amines) is 1. The molecule has 1 aliphatic heterocycles. The summed E-state index contributed by atoms with van der Waals surface area (Å²) in [5.41, 5.74) is 0.533. The lowest BCUT2D eigenvalue weighted by molar-refractivity contribution is -0.00308. The van der Waals surface area contributed by atoms with Crippen molar-refractivity contribution in [3.63, 3.8) is 0 Å². The molecule has 0 spiro atoms. The summed E-state index contributed by atoms with van der Waals surface area (Å²) in [5, 5.41) is 0.788. The second kappa shape index (κ2) is 5.95. The molecule has 0 aliphatic carbocycles. The van der Waals surface area contributed by atoms with Crippen molar-refractivity contribution in [1.82, 2.24) is 9.88 Å². The van der Waals surface area contributed by atoms with E-state index in [9.17, 15) is 9.18 Å². The lowest BCUT2D eigenvalue weighted by atomic mass is 10.1. The van der Waals surface area contributed by atoms with Crippen LogP contribution in [0.2, 0.25) is 0 Å². The smallest absolute Gasteiger partial charge is 0.256 e. The highest BCUT2D eigenvalue weighted by Crippen LogP contribution is 2.19. The molecule has 1 unspecified atom stereocenters. The Kier molecular flexibility index (Phi) is 4.03. The maximum Gasteiger partial charge on any atom is 0.256 e. The number of benzene rings is 1. The Hall–Kier alpha value is -1.72. The van der Waals surface area contributed by atoms with E-state index in [1.807, 2.05) is 0 Å². The Balaban J connectivity index is 1.81. The average molecular weight is 290 g/mol. The van der Waals surface area contributed by atoms with Gasteiger partial charge in [0.1, 0.15) is 12.0 Å². The zero-order valence-electron chi connectivity index (χ0n) is 12.1. The van der Waals surface area contributed by atoms with Crippen molar-refractivity contribution >= 4 is 10.8 Å². The Morgan fingerprint density at radius 2 is 2.29 bits per heavy atom. The fourth-order valence-corrected chi connectivity index (χ4v) is 3.02. The number of ether oxygens (including phenoxy) is 1. The molecule has 5 heteroatoms. The fraction of sp³-hybridized carbons (Fsp3) is 0.438. The quantitative estimate of drug-likeness (QED) is 0.939.